The van der Waals surface area contributed by atoms with E-state index in [0.29, 0.717) is 37.4 Å². The Morgan fingerprint density at radius 2 is 1.92 bits per heavy atom. The van der Waals surface area contributed by atoms with Crippen LogP contribution in [0.4, 0.5) is 10.1 Å². The molecule has 2 aromatic rings. The molecule has 11 heteroatoms. The molecular weight excluding hydrogens is 529 g/mol. The Bertz CT molecular complexity index is 1240. The van der Waals surface area contributed by atoms with E-state index >= 15 is 0 Å². The summed E-state index contributed by atoms with van der Waals surface area (Å²) in [6.07, 6.45) is 4.54. The topological polar surface area (TPSA) is 117 Å². The fourth-order valence-corrected chi connectivity index (χ4v) is 7.80. The van der Waals surface area contributed by atoms with Gasteiger partial charge >= 0.3 is 0 Å². The monoisotopic (exact) mass is 565 g/mol. The molecule has 1 saturated carbocycles. The van der Waals surface area contributed by atoms with E-state index in [-0.39, 0.29) is 46.8 Å². The van der Waals surface area contributed by atoms with Crippen molar-refractivity contribution >= 4 is 33.2 Å². The zero-order valence-electron chi connectivity index (χ0n) is 22.0. The quantitative estimate of drug-likeness (QED) is 0.405. The number of sulfonamides is 1. The minimum atomic E-state index is -3.40. The molecule has 38 heavy (non-hydrogen) atoms. The number of amides is 1. The van der Waals surface area contributed by atoms with Crippen molar-refractivity contribution in [3.05, 3.63) is 58.6 Å². The van der Waals surface area contributed by atoms with Crippen molar-refractivity contribution in [2.45, 2.75) is 75.7 Å². The normalized spacial score (nSPS) is 22.3. The first-order valence-corrected chi connectivity index (χ1v) is 15.1. The molecule has 8 nitrogen and oxygen atoms in total. The lowest BCUT2D eigenvalue weighted by atomic mass is 9.82. The molecular formula is C27H37ClFN5O3S. The van der Waals surface area contributed by atoms with Crippen LogP contribution in [0.5, 0.6) is 0 Å². The molecule has 1 aromatic heterocycles. The van der Waals surface area contributed by atoms with Crippen LogP contribution in [-0.2, 0) is 21.2 Å². The smallest absolute Gasteiger partial charge is 0.241 e. The Morgan fingerprint density at radius 3 is 2.55 bits per heavy atom. The first kappa shape index (κ1) is 28.9. The molecule has 4 atom stereocenters. The van der Waals surface area contributed by atoms with Gasteiger partial charge in [-0.2, -0.15) is 4.31 Å². The van der Waals surface area contributed by atoms with Crippen LogP contribution in [0, 0.1) is 11.7 Å². The van der Waals surface area contributed by atoms with Gasteiger partial charge in [0.05, 0.1) is 29.4 Å². The van der Waals surface area contributed by atoms with E-state index in [0.717, 1.165) is 11.8 Å². The number of rotatable bonds is 10. The lowest BCUT2D eigenvalue weighted by molar-refractivity contribution is -0.118. The van der Waals surface area contributed by atoms with Crippen molar-refractivity contribution in [1.82, 2.24) is 14.6 Å². The molecule has 0 radical (unpaired) electrons. The first-order valence-electron chi connectivity index (χ1n) is 13.2. The average Bonchev–Trinajstić information content (AvgIpc) is 3.71. The summed E-state index contributed by atoms with van der Waals surface area (Å²) in [6.45, 7) is 6.94. The second kappa shape index (κ2) is 12.0. The molecule has 1 aliphatic carbocycles. The van der Waals surface area contributed by atoms with Gasteiger partial charge in [0.1, 0.15) is 5.82 Å². The van der Waals surface area contributed by atoms with Gasteiger partial charge in [-0.25, -0.2) is 12.8 Å². The average molecular weight is 566 g/mol. The Labute approximate surface area is 229 Å². The SMILES string of the molecule is CC(C)C(c1ccc(Cl)cc1)[C@H](N)C(=O)Nc1cncc(F)c1CC[C@H]1CNC[C@H](C)N1S(=O)(=O)C1CC1. The van der Waals surface area contributed by atoms with Crippen LogP contribution in [0.1, 0.15) is 57.1 Å². The summed E-state index contributed by atoms with van der Waals surface area (Å²) in [6, 6.07) is 5.86. The summed E-state index contributed by atoms with van der Waals surface area (Å²) < 4.78 is 42.9. The third kappa shape index (κ3) is 6.37. The highest BCUT2D eigenvalue weighted by molar-refractivity contribution is 7.90. The number of carbonyl (C=O) groups excluding carboxylic acids is 1. The third-order valence-electron chi connectivity index (χ3n) is 7.51. The summed E-state index contributed by atoms with van der Waals surface area (Å²) in [4.78, 5) is 17.2. The summed E-state index contributed by atoms with van der Waals surface area (Å²) in [5.41, 5.74) is 7.86. The molecule has 1 amide bonds. The van der Waals surface area contributed by atoms with Gasteiger partial charge in [-0.05, 0) is 56.2 Å². The number of nitrogens with one attached hydrogen (secondary N) is 2. The second-order valence-electron chi connectivity index (χ2n) is 10.8. The molecule has 4 N–H and O–H groups in total. The molecule has 2 aliphatic rings. The Kier molecular flexibility index (Phi) is 9.09. The molecule has 2 heterocycles. The predicted molar refractivity (Wildman–Crippen MR) is 148 cm³/mol. The number of anilines is 1. The van der Waals surface area contributed by atoms with Crippen molar-refractivity contribution in [3.8, 4) is 0 Å². The van der Waals surface area contributed by atoms with Crippen LogP contribution in [0.25, 0.3) is 0 Å². The number of nitrogens with zero attached hydrogens (tertiary/aromatic N) is 2. The van der Waals surface area contributed by atoms with Gasteiger partial charge in [-0.15, -0.1) is 0 Å². The van der Waals surface area contributed by atoms with E-state index in [1.54, 1.807) is 16.4 Å². The Balaban J connectivity index is 1.51. The number of carbonyl (C=O) groups is 1. The zero-order chi connectivity index (χ0) is 27.6. The van der Waals surface area contributed by atoms with Gasteiger partial charge in [0.25, 0.3) is 0 Å². The first-order chi connectivity index (χ1) is 18.0. The summed E-state index contributed by atoms with van der Waals surface area (Å²) in [5.74, 6) is -1.23. The van der Waals surface area contributed by atoms with Crippen molar-refractivity contribution in [2.24, 2.45) is 11.7 Å². The standard InChI is InChI=1S/C27H37ClFN5O3S/c1-16(2)25(18-4-6-19(28)7-5-18)26(30)27(35)33-24-15-32-14-23(29)22(24)11-8-20-13-31-12-17(3)34(20)38(36,37)21-9-10-21/h4-7,14-17,20-21,25-26,31H,8-13,30H2,1-3H3,(H,33,35)/t17-,20-,25?,26-/m0/s1. The fourth-order valence-electron chi connectivity index (χ4n) is 5.43. The molecule has 1 aromatic carbocycles. The van der Waals surface area contributed by atoms with E-state index in [1.807, 2.05) is 32.9 Å². The highest BCUT2D eigenvalue weighted by Crippen LogP contribution is 2.35. The number of nitrogens with two attached hydrogens (primary N) is 1. The van der Waals surface area contributed by atoms with Crippen LogP contribution in [0.3, 0.4) is 0 Å². The number of hydrogen-bond donors (Lipinski definition) is 3. The maximum Gasteiger partial charge on any atom is 0.241 e. The van der Waals surface area contributed by atoms with Crippen molar-refractivity contribution in [1.29, 1.82) is 0 Å². The van der Waals surface area contributed by atoms with Gasteiger partial charge < -0.3 is 16.4 Å². The van der Waals surface area contributed by atoms with E-state index in [9.17, 15) is 17.6 Å². The summed E-state index contributed by atoms with van der Waals surface area (Å²) >= 11 is 6.03. The number of piperazine rings is 1. The Hall–Kier alpha value is -2.11. The number of benzene rings is 1. The van der Waals surface area contributed by atoms with Gasteiger partial charge in [0.2, 0.25) is 15.9 Å². The number of hydrogen-bond acceptors (Lipinski definition) is 6. The van der Waals surface area contributed by atoms with Crippen LogP contribution in [-0.4, -0.2) is 60.1 Å². The fraction of sp³-hybridized carbons (Fsp3) is 0.556. The minimum absolute atomic E-state index is 0.0576. The molecule has 1 saturated heterocycles. The maximum absolute atomic E-state index is 15.0. The minimum Gasteiger partial charge on any atom is -0.323 e. The van der Waals surface area contributed by atoms with E-state index in [4.69, 9.17) is 17.3 Å². The molecule has 1 unspecified atom stereocenters. The second-order valence-corrected chi connectivity index (χ2v) is 13.3. The van der Waals surface area contributed by atoms with Crippen molar-refractivity contribution in [2.75, 3.05) is 18.4 Å². The number of pyridine rings is 1. The third-order valence-corrected chi connectivity index (χ3v) is 10.3. The van der Waals surface area contributed by atoms with Gasteiger partial charge in [0.15, 0.2) is 0 Å². The van der Waals surface area contributed by atoms with Crippen molar-refractivity contribution in [3.63, 3.8) is 0 Å². The largest absolute Gasteiger partial charge is 0.323 e. The highest BCUT2D eigenvalue weighted by atomic mass is 35.5. The molecule has 208 valence electrons. The van der Waals surface area contributed by atoms with Crippen LogP contribution in [0.2, 0.25) is 5.02 Å². The molecule has 0 bridgehead atoms. The van der Waals surface area contributed by atoms with Gasteiger partial charge in [-0.3, -0.25) is 9.78 Å². The predicted octanol–water partition coefficient (Wildman–Crippen LogP) is 3.67. The van der Waals surface area contributed by atoms with Crippen LogP contribution >= 0.6 is 11.6 Å². The molecule has 4 rings (SSSR count). The van der Waals surface area contributed by atoms with Gasteiger partial charge in [-0.1, -0.05) is 37.6 Å². The summed E-state index contributed by atoms with van der Waals surface area (Å²) in [5, 5.41) is 6.37. The lowest BCUT2D eigenvalue weighted by Crippen LogP contribution is -2.59. The molecule has 0 spiro atoms. The number of aromatic nitrogens is 1. The number of halogens is 2. The van der Waals surface area contributed by atoms with Crippen LogP contribution < -0.4 is 16.4 Å². The van der Waals surface area contributed by atoms with E-state index < -0.39 is 27.8 Å². The molecule has 1 aliphatic heterocycles. The zero-order valence-corrected chi connectivity index (χ0v) is 23.6. The van der Waals surface area contributed by atoms with E-state index in [1.165, 1.54) is 6.20 Å². The maximum atomic E-state index is 15.0. The van der Waals surface area contributed by atoms with Crippen molar-refractivity contribution < 1.29 is 17.6 Å². The van der Waals surface area contributed by atoms with Crippen LogP contribution in [0.15, 0.2) is 36.7 Å². The molecule has 2 fully saturated rings. The van der Waals surface area contributed by atoms with E-state index in [2.05, 4.69) is 15.6 Å². The highest BCUT2D eigenvalue weighted by Gasteiger charge is 2.45. The lowest BCUT2D eigenvalue weighted by Gasteiger charge is -2.40. The Morgan fingerprint density at radius 1 is 1.24 bits per heavy atom. The van der Waals surface area contributed by atoms with Gasteiger partial charge in [0, 0.05) is 41.7 Å². The summed E-state index contributed by atoms with van der Waals surface area (Å²) in [7, 11) is -3.40.